The van der Waals surface area contributed by atoms with Gasteiger partial charge in [-0.2, -0.15) is 0 Å². The fraction of sp³-hybridized carbons (Fsp3) is 0.250. The molecule has 28 heavy (non-hydrogen) atoms. The van der Waals surface area contributed by atoms with Gasteiger partial charge in [0.05, 0.1) is 4.92 Å². The quantitative estimate of drug-likeness (QED) is 0.306. The molecule has 0 radical (unpaired) electrons. The Balaban J connectivity index is 1.74. The molecule has 2 aromatic carbocycles. The number of amides is 1. The van der Waals surface area contributed by atoms with Crippen LogP contribution in [0.3, 0.4) is 0 Å². The number of carbonyl (C=O) groups excluding carboxylic acids is 3. The highest BCUT2D eigenvalue weighted by molar-refractivity contribution is 6.00. The molecule has 0 aliphatic heterocycles. The van der Waals surface area contributed by atoms with Gasteiger partial charge in [-0.05, 0) is 19.4 Å². The van der Waals surface area contributed by atoms with Crippen molar-refractivity contribution in [3.05, 3.63) is 70.3 Å². The highest BCUT2D eigenvalue weighted by Gasteiger charge is 2.19. The maximum Gasteiger partial charge on any atom is 0.306 e. The van der Waals surface area contributed by atoms with E-state index in [0.717, 1.165) is 0 Å². The molecule has 0 spiro atoms. The second-order valence-corrected chi connectivity index (χ2v) is 6.07. The molecule has 0 saturated heterocycles. The zero-order valence-corrected chi connectivity index (χ0v) is 15.3. The number of Topliss-reactive ketones (excluding diaryl/α,β-unsaturated/α-hetero) is 1. The van der Waals surface area contributed by atoms with E-state index in [4.69, 9.17) is 4.74 Å². The molecule has 0 aromatic heterocycles. The number of anilines is 1. The smallest absolute Gasteiger partial charge is 0.306 e. The van der Waals surface area contributed by atoms with Gasteiger partial charge in [-0.1, -0.05) is 36.4 Å². The van der Waals surface area contributed by atoms with Gasteiger partial charge in [0.15, 0.2) is 6.10 Å². The van der Waals surface area contributed by atoms with Crippen molar-refractivity contribution in [1.82, 2.24) is 0 Å². The number of nitrogens with one attached hydrogen (secondary N) is 1. The van der Waals surface area contributed by atoms with Gasteiger partial charge in [-0.25, -0.2) is 0 Å². The average molecular weight is 384 g/mol. The Hall–Kier alpha value is -3.55. The summed E-state index contributed by atoms with van der Waals surface area (Å²) in [5.41, 5.74) is 0.640. The number of nitro benzene ring substituents is 1. The Morgan fingerprint density at radius 3 is 2.46 bits per heavy atom. The monoisotopic (exact) mass is 384 g/mol. The van der Waals surface area contributed by atoms with E-state index >= 15 is 0 Å². The lowest BCUT2D eigenvalue weighted by molar-refractivity contribution is -0.384. The normalized spacial score (nSPS) is 11.3. The van der Waals surface area contributed by atoms with Gasteiger partial charge < -0.3 is 10.1 Å². The Morgan fingerprint density at radius 2 is 1.79 bits per heavy atom. The summed E-state index contributed by atoms with van der Waals surface area (Å²) in [5, 5.41) is 13.3. The average Bonchev–Trinajstić information content (AvgIpc) is 2.68. The number of rotatable bonds is 9. The van der Waals surface area contributed by atoms with Crippen LogP contribution in [-0.2, 0) is 14.3 Å². The van der Waals surface area contributed by atoms with Crippen molar-refractivity contribution in [3.8, 4) is 0 Å². The minimum atomic E-state index is -0.909. The summed E-state index contributed by atoms with van der Waals surface area (Å²) in [5.74, 6) is -1.24. The van der Waals surface area contributed by atoms with Crippen LogP contribution in [-0.4, -0.2) is 28.7 Å². The van der Waals surface area contributed by atoms with Gasteiger partial charge in [-0.15, -0.1) is 0 Å². The lowest BCUT2D eigenvalue weighted by atomic mass is 10.1. The SMILES string of the molecule is C[C@H](OC(=O)CCCC(=O)Nc1cccc([N+](=O)[O-])c1)C(=O)c1ccccc1. The molecule has 1 atom stereocenters. The Kier molecular flexibility index (Phi) is 7.38. The second-order valence-electron chi connectivity index (χ2n) is 6.07. The van der Waals surface area contributed by atoms with Crippen LogP contribution in [0.2, 0.25) is 0 Å². The van der Waals surface area contributed by atoms with Crippen molar-refractivity contribution < 1.29 is 24.0 Å². The molecule has 0 unspecified atom stereocenters. The first kappa shape index (κ1) is 20.8. The van der Waals surface area contributed by atoms with Crippen molar-refractivity contribution in [2.75, 3.05) is 5.32 Å². The summed E-state index contributed by atoms with van der Waals surface area (Å²) in [6.07, 6.45) is -0.659. The molecule has 0 saturated carbocycles. The fourth-order valence-corrected chi connectivity index (χ4v) is 2.46. The van der Waals surface area contributed by atoms with Crippen LogP contribution >= 0.6 is 0 Å². The third-order valence-corrected chi connectivity index (χ3v) is 3.86. The molecule has 8 heteroatoms. The van der Waals surface area contributed by atoms with Crippen LogP contribution < -0.4 is 5.32 Å². The predicted octanol–water partition coefficient (Wildman–Crippen LogP) is 3.52. The van der Waals surface area contributed by atoms with Gasteiger partial charge in [0.25, 0.3) is 5.69 Å². The molecule has 0 heterocycles. The van der Waals surface area contributed by atoms with Gasteiger partial charge >= 0.3 is 5.97 Å². The number of benzene rings is 2. The van der Waals surface area contributed by atoms with Gasteiger partial charge in [-0.3, -0.25) is 24.5 Å². The minimum Gasteiger partial charge on any atom is -0.454 e. The molecule has 2 aromatic rings. The highest BCUT2D eigenvalue weighted by Crippen LogP contribution is 2.17. The van der Waals surface area contributed by atoms with E-state index in [0.29, 0.717) is 11.3 Å². The molecular weight excluding hydrogens is 364 g/mol. The van der Waals surface area contributed by atoms with Crippen LogP contribution in [0.5, 0.6) is 0 Å². The largest absolute Gasteiger partial charge is 0.454 e. The van der Waals surface area contributed by atoms with Crippen molar-refractivity contribution in [2.24, 2.45) is 0 Å². The number of carbonyl (C=O) groups is 3. The van der Waals surface area contributed by atoms with E-state index in [-0.39, 0.29) is 36.6 Å². The molecule has 2 rings (SSSR count). The molecule has 8 nitrogen and oxygen atoms in total. The summed E-state index contributed by atoms with van der Waals surface area (Å²) >= 11 is 0. The van der Waals surface area contributed by atoms with Crippen LogP contribution in [0.1, 0.15) is 36.5 Å². The van der Waals surface area contributed by atoms with Crippen molar-refractivity contribution in [2.45, 2.75) is 32.3 Å². The highest BCUT2D eigenvalue weighted by atomic mass is 16.6. The second kappa shape index (κ2) is 9.96. The van der Waals surface area contributed by atoms with Crippen molar-refractivity contribution >= 4 is 29.0 Å². The number of nitro groups is 1. The van der Waals surface area contributed by atoms with E-state index < -0.39 is 17.0 Å². The summed E-state index contributed by atoms with van der Waals surface area (Å²) < 4.78 is 5.11. The maximum absolute atomic E-state index is 12.2. The van der Waals surface area contributed by atoms with Crippen LogP contribution in [0, 0.1) is 10.1 Å². The Morgan fingerprint density at radius 1 is 1.07 bits per heavy atom. The maximum atomic E-state index is 12.2. The van der Waals surface area contributed by atoms with Crippen LogP contribution in [0.15, 0.2) is 54.6 Å². The zero-order valence-electron chi connectivity index (χ0n) is 15.3. The van der Waals surface area contributed by atoms with E-state index in [1.54, 1.807) is 30.3 Å². The summed E-state index contributed by atoms with van der Waals surface area (Å²) in [4.78, 5) is 46.1. The van der Waals surface area contributed by atoms with E-state index in [1.807, 2.05) is 0 Å². The molecule has 1 amide bonds. The third-order valence-electron chi connectivity index (χ3n) is 3.86. The van der Waals surface area contributed by atoms with Crippen LogP contribution in [0.4, 0.5) is 11.4 Å². The van der Waals surface area contributed by atoms with E-state index in [9.17, 15) is 24.5 Å². The van der Waals surface area contributed by atoms with Gasteiger partial charge in [0.2, 0.25) is 11.7 Å². The zero-order chi connectivity index (χ0) is 20.5. The molecular formula is C20H20N2O6. The van der Waals surface area contributed by atoms with Gasteiger partial charge in [0.1, 0.15) is 0 Å². The van der Waals surface area contributed by atoms with Crippen LogP contribution in [0.25, 0.3) is 0 Å². The molecule has 0 bridgehead atoms. The lowest BCUT2D eigenvalue weighted by Crippen LogP contribution is -2.24. The lowest BCUT2D eigenvalue weighted by Gasteiger charge is -2.12. The molecule has 0 aliphatic carbocycles. The first-order chi connectivity index (χ1) is 13.4. The number of non-ortho nitro benzene ring substituents is 1. The van der Waals surface area contributed by atoms with Gasteiger partial charge in [0, 0.05) is 36.2 Å². The predicted molar refractivity (Wildman–Crippen MR) is 102 cm³/mol. The molecule has 146 valence electrons. The molecule has 1 N–H and O–H groups in total. The minimum absolute atomic E-state index is 0.0191. The summed E-state index contributed by atoms with van der Waals surface area (Å²) in [6, 6.07) is 14.1. The third kappa shape index (κ3) is 6.31. The number of nitrogens with zero attached hydrogens (tertiary/aromatic N) is 1. The number of ketones is 1. The topological polar surface area (TPSA) is 116 Å². The number of hydrogen-bond donors (Lipinski definition) is 1. The first-order valence-electron chi connectivity index (χ1n) is 8.70. The Labute approximate surface area is 161 Å². The van der Waals surface area contributed by atoms with Crippen molar-refractivity contribution in [3.63, 3.8) is 0 Å². The van der Waals surface area contributed by atoms with E-state index in [1.165, 1.54) is 31.2 Å². The fourth-order valence-electron chi connectivity index (χ4n) is 2.46. The number of ether oxygens (including phenoxy) is 1. The van der Waals surface area contributed by atoms with E-state index in [2.05, 4.69) is 5.32 Å². The number of hydrogen-bond acceptors (Lipinski definition) is 6. The molecule has 0 aliphatic rings. The standard InChI is InChI=1S/C20H20N2O6/c1-14(20(25)15-7-3-2-4-8-15)28-19(24)12-6-11-18(23)21-16-9-5-10-17(13-16)22(26)27/h2-5,7-10,13-14H,6,11-12H2,1H3,(H,21,23)/t14-/m0/s1. The summed E-state index contributed by atoms with van der Waals surface area (Å²) in [7, 11) is 0. The first-order valence-corrected chi connectivity index (χ1v) is 8.70. The summed E-state index contributed by atoms with van der Waals surface area (Å²) in [6.45, 7) is 1.50. The number of esters is 1. The van der Waals surface area contributed by atoms with Crippen molar-refractivity contribution in [1.29, 1.82) is 0 Å². The Bertz CT molecular complexity index is 866. The molecule has 0 fully saturated rings.